The molecule has 0 spiro atoms. The predicted molar refractivity (Wildman–Crippen MR) is 74.1 cm³/mol. The van der Waals surface area contributed by atoms with Gasteiger partial charge in [0.2, 0.25) is 0 Å². The predicted octanol–water partition coefficient (Wildman–Crippen LogP) is 2.94. The van der Waals surface area contributed by atoms with Gasteiger partial charge >= 0.3 is 0 Å². The lowest BCUT2D eigenvalue weighted by molar-refractivity contribution is -0.0918. The second-order valence-corrected chi connectivity index (χ2v) is 8.33. The molecule has 1 atom stereocenters. The van der Waals surface area contributed by atoms with Gasteiger partial charge in [0, 0.05) is 5.41 Å². The molecule has 3 N–H and O–H groups in total. The molecule has 4 aliphatic carbocycles. The largest absolute Gasteiger partial charge is 0.393 e. The summed E-state index contributed by atoms with van der Waals surface area (Å²) >= 11 is 0. The van der Waals surface area contributed by atoms with Crippen LogP contribution < -0.4 is 5.73 Å². The quantitative estimate of drug-likeness (QED) is 0.807. The zero-order valence-corrected chi connectivity index (χ0v) is 12.0. The van der Waals surface area contributed by atoms with Crippen molar-refractivity contribution in [3.8, 4) is 0 Å². The summed E-state index contributed by atoms with van der Waals surface area (Å²) in [7, 11) is 0. The molecule has 0 radical (unpaired) electrons. The van der Waals surface area contributed by atoms with Crippen LogP contribution >= 0.6 is 0 Å². The molecule has 2 heteroatoms. The molecule has 0 aromatic carbocycles. The minimum absolute atomic E-state index is 0.122. The van der Waals surface area contributed by atoms with Crippen molar-refractivity contribution < 1.29 is 5.11 Å². The summed E-state index contributed by atoms with van der Waals surface area (Å²) in [5.41, 5.74) is 6.17. The van der Waals surface area contributed by atoms with Crippen molar-refractivity contribution >= 4 is 0 Å². The van der Waals surface area contributed by atoms with Gasteiger partial charge in [-0.05, 0) is 74.7 Å². The van der Waals surface area contributed by atoms with Gasteiger partial charge in [-0.1, -0.05) is 13.8 Å². The van der Waals surface area contributed by atoms with Crippen molar-refractivity contribution in [2.75, 3.05) is 6.54 Å². The third-order valence-corrected chi connectivity index (χ3v) is 6.22. The van der Waals surface area contributed by atoms with Crippen LogP contribution in [0.5, 0.6) is 0 Å². The summed E-state index contributed by atoms with van der Waals surface area (Å²) in [6.45, 7) is 4.80. The van der Waals surface area contributed by atoms with Gasteiger partial charge in [-0.3, -0.25) is 0 Å². The Bertz CT molecular complexity index is 288. The smallest absolute Gasteiger partial charge is 0.0608 e. The molecular weight excluding hydrogens is 222 g/mol. The summed E-state index contributed by atoms with van der Waals surface area (Å²) in [5, 5.41) is 10.6. The zero-order valence-electron chi connectivity index (χ0n) is 12.0. The molecule has 2 nitrogen and oxygen atoms in total. The van der Waals surface area contributed by atoms with Crippen molar-refractivity contribution in [3.05, 3.63) is 0 Å². The van der Waals surface area contributed by atoms with Gasteiger partial charge in [0.05, 0.1) is 6.10 Å². The topological polar surface area (TPSA) is 46.2 Å². The number of hydrogen-bond acceptors (Lipinski definition) is 2. The van der Waals surface area contributed by atoms with Gasteiger partial charge in [-0.15, -0.1) is 0 Å². The Morgan fingerprint density at radius 2 is 1.56 bits per heavy atom. The average molecular weight is 251 g/mol. The summed E-state index contributed by atoms with van der Waals surface area (Å²) < 4.78 is 0. The molecule has 1 unspecified atom stereocenters. The van der Waals surface area contributed by atoms with Gasteiger partial charge in [0.25, 0.3) is 0 Å². The van der Waals surface area contributed by atoms with Crippen LogP contribution in [0.2, 0.25) is 0 Å². The van der Waals surface area contributed by atoms with E-state index in [1.165, 1.54) is 38.5 Å². The van der Waals surface area contributed by atoms with Crippen LogP contribution in [0.25, 0.3) is 0 Å². The maximum atomic E-state index is 10.6. The highest BCUT2D eigenvalue weighted by Gasteiger charge is 2.52. The lowest BCUT2D eigenvalue weighted by Gasteiger charge is -2.58. The van der Waals surface area contributed by atoms with Gasteiger partial charge in [0.1, 0.15) is 0 Å². The Morgan fingerprint density at radius 1 is 1.11 bits per heavy atom. The van der Waals surface area contributed by atoms with Crippen LogP contribution in [0.3, 0.4) is 0 Å². The van der Waals surface area contributed by atoms with Crippen LogP contribution in [0.4, 0.5) is 0 Å². The fourth-order valence-corrected chi connectivity index (χ4v) is 5.36. The van der Waals surface area contributed by atoms with Crippen LogP contribution in [0.1, 0.15) is 58.8 Å². The highest BCUT2D eigenvalue weighted by Crippen LogP contribution is 2.62. The summed E-state index contributed by atoms with van der Waals surface area (Å²) in [6, 6.07) is 0. The van der Waals surface area contributed by atoms with Crippen LogP contribution in [0, 0.1) is 28.6 Å². The molecule has 18 heavy (non-hydrogen) atoms. The van der Waals surface area contributed by atoms with Gasteiger partial charge < -0.3 is 10.8 Å². The molecule has 0 amide bonds. The first kappa shape index (κ1) is 12.9. The number of rotatable bonds is 4. The standard InChI is InChI=1S/C16H29NO/c1-15(2,10-17)14(18)9-16-6-11-3-12(7-16)5-13(4-11)8-16/h11-14,18H,3-10,17H2,1-2H3. The molecule has 4 rings (SSSR count). The van der Waals surface area contributed by atoms with Crippen LogP contribution in [0.15, 0.2) is 0 Å². The molecule has 104 valence electrons. The summed E-state index contributed by atoms with van der Waals surface area (Å²) in [5.74, 6) is 2.93. The molecule has 4 bridgehead atoms. The van der Waals surface area contributed by atoms with Crippen LogP contribution in [-0.2, 0) is 0 Å². The SMILES string of the molecule is CC(C)(CN)C(O)CC12CC3CC(CC(C3)C1)C2. The first-order chi connectivity index (χ1) is 8.42. The molecule has 0 heterocycles. The van der Waals surface area contributed by atoms with E-state index in [1.807, 2.05) is 0 Å². The van der Waals surface area contributed by atoms with E-state index in [0.29, 0.717) is 12.0 Å². The third-order valence-electron chi connectivity index (χ3n) is 6.22. The van der Waals surface area contributed by atoms with Crippen molar-refractivity contribution in [2.24, 2.45) is 34.3 Å². The summed E-state index contributed by atoms with van der Waals surface area (Å²) in [4.78, 5) is 0. The fourth-order valence-electron chi connectivity index (χ4n) is 5.36. The maximum absolute atomic E-state index is 10.6. The number of hydrogen-bond donors (Lipinski definition) is 2. The van der Waals surface area contributed by atoms with E-state index in [4.69, 9.17) is 5.73 Å². The number of aliphatic hydroxyl groups is 1. The molecular formula is C16H29NO. The third kappa shape index (κ3) is 2.12. The Hall–Kier alpha value is -0.0800. The minimum Gasteiger partial charge on any atom is -0.393 e. The van der Waals surface area contributed by atoms with E-state index in [-0.39, 0.29) is 11.5 Å². The van der Waals surface area contributed by atoms with E-state index in [9.17, 15) is 5.11 Å². The highest BCUT2D eigenvalue weighted by atomic mass is 16.3. The lowest BCUT2D eigenvalue weighted by Crippen LogP contribution is -2.49. The zero-order chi connectivity index (χ0) is 13.0. The van der Waals surface area contributed by atoms with Gasteiger partial charge in [-0.25, -0.2) is 0 Å². The molecule has 4 fully saturated rings. The van der Waals surface area contributed by atoms with E-state index in [1.54, 1.807) is 0 Å². The van der Waals surface area contributed by atoms with E-state index in [2.05, 4.69) is 13.8 Å². The second-order valence-electron chi connectivity index (χ2n) is 8.33. The number of aliphatic hydroxyl groups excluding tert-OH is 1. The van der Waals surface area contributed by atoms with Crippen molar-refractivity contribution in [1.82, 2.24) is 0 Å². The Balaban J connectivity index is 1.72. The first-order valence-electron chi connectivity index (χ1n) is 7.81. The molecule has 0 aromatic rings. The normalized spacial score (nSPS) is 44.3. The molecule has 4 saturated carbocycles. The van der Waals surface area contributed by atoms with E-state index < -0.39 is 0 Å². The molecule has 0 aliphatic heterocycles. The minimum atomic E-state index is -0.223. The average Bonchev–Trinajstić information content (AvgIpc) is 2.26. The Labute approximate surface area is 111 Å². The first-order valence-corrected chi connectivity index (χ1v) is 7.81. The maximum Gasteiger partial charge on any atom is 0.0608 e. The monoisotopic (exact) mass is 251 g/mol. The van der Waals surface area contributed by atoms with Gasteiger partial charge in [0.15, 0.2) is 0 Å². The van der Waals surface area contributed by atoms with Gasteiger partial charge in [-0.2, -0.15) is 0 Å². The highest BCUT2D eigenvalue weighted by molar-refractivity contribution is 5.03. The second kappa shape index (κ2) is 4.21. The Kier molecular flexibility index (Phi) is 3.02. The van der Waals surface area contributed by atoms with Crippen LogP contribution in [-0.4, -0.2) is 17.8 Å². The molecule has 4 aliphatic rings. The molecule has 0 aromatic heterocycles. The number of nitrogens with two attached hydrogens (primary N) is 1. The lowest BCUT2D eigenvalue weighted by atomic mass is 9.48. The molecule has 0 saturated heterocycles. The Morgan fingerprint density at radius 3 is 1.94 bits per heavy atom. The van der Waals surface area contributed by atoms with E-state index in [0.717, 1.165) is 24.2 Å². The fraction of sp³-hybridized carbons (Fsp3) is 1.00. The van der Waals surface area contributed by atoms with E-state index >= 15 is 0 Å². The van der Waals surface area contributed by atoms with Crippen molar-refractivity contribution in [3.63, 3.8) is 0 Å². The summed E-state index contributed by atoms with van der Waals surface area (Å²) in [6.07, 6.45) is 9.38. The van der Waals surface area contributed by atoms with Crippen molar-refractivity contribution in [2.45, 2.75) is 64.9 Å². The van der Waals surface area contributed by atoms with Crippen molar-refractivity contribution in [1.29, 1.82) is 0 Å².